The van der Waals surface area contributed by atoms with Gasteiger partial charge >= 0.3 is 0 Å². The van der Waals surface area contributed by atoms with Crippen LogP contribution < -0.4 is 5.73 Å². The topological polar surface area (TPSA) is 56.0 Å². The summed E-state index contributed by atoms with van der Waals surface area (Å²) in [6, 6.07) is 1.84. The molecule has 1 heterocycles. The lowest BCUT2D eigenvalue weighted by atomic mass is 10.1. The van der Waals surface area contributed by atoms with Crippen molar-refractivity contribution >= 4 is 5.78 Å². The van der Waals surface area contributed by atoms with Gasteiger partial charge in [0.2, 0.25) is 0 Å². The maximum Gasteiger partial charge on any atom is 0.177 e. The molecule has 0 aromatic carbocycles. The van der Waals surface area contributed by atoms with Gasteiger partial charge in [-0.25, -0.2) is 0 Å². The molecule has 0 fully saturated rings. The summed E-state index contributed by atoms with van der Waals surface area (Å²) in [6.07, 6.45) is 4.19. The second-order valence-corrected chi connectivity index (χ2v) is 2.56. The smallest absolute Gasteiger partial charge is 0.177 e. The van der Waals surface area contributed by atoms with Crippen LogP contribution in [0.2, 0.25) is 0 Å². The van der Waals surface area contributed by atoms with E-state index in [1.807, 2.05) is 13.0 Å². The average molecular weight is 164 g/mol. The van der Waals surface area contributed by atoms with Crippen molar-refractivity contribution in [2.45, 2.75) is 13.3 Å². The minimum atomic E-state index is -0.0576. The quantitative estimate of drug-likeness (QED) is 0.672. The van der Waals surface area contributed by atoms with Gasteiger partial charge in [-0.2, -0.15) is 0 Å². The van der Waals surface area contributed by atoms with E-state index in [0.29, 0.717) is 5.56 Å². The molecule has 2 N–H and O–H groups in total. The molecule has 0 saturated carbocycles. The highest BCUT2D eigenvalue weighted by Crippen LogP contribution is 2.03. The minimum Gasteiger partial charge on any atom is -0.324 e. The third-order valence-corrected chi connectivity index (χ3v) is 1.71. The predicted molar refractivity (Wildman–Crippen MR) is 47.0 cm³/mol. The van der Waals surface area contributed by atoms with Gasteiger partial charge in [0.05, 0.1) is 6.54 Å². The minimum absolute atomic E-state index is 0.0504. The van der Waals surface area contributed by atoms with Crippen LogP contribution in [0.15, 0.2) is 18.5 Å². The first kappa shape index (κ1) is 8.87. The molecule has 0 bridgehead atoms. The highest BCUT2D eigenvalue weighted by atomic mass is 16.1. The number of carbonyl (C=O) groups is 1. The van der Waals surface area contributed by atoms with Crippen LogP contribution >= 0.6 is 0 Å². The number of aryl methyl sites for hydroxylation is 1. The second kappa shape index (κ2) is 3.97. The normalized spacial score (nSPS) is 9.83. The number of hydrogen-bond acceptors (Lipinski definition) is 3. The zero-order valence-corrected chi connectivity index (χ0v) is 7.08. The molecule has 3 nitrogen and oxygen atoms in total. The van der Waals surface area contributed by atoms with Crippen molar-refractivity contribution in [1.82, 2.24) is 4.98 Å². The molecular formula is C9H12N2O. The summed E-state index contributed by atoms with van der Waals surface area (Å²) >= 11 is 0. The first-order chi connectivity index (χ1) is 5.77. The average Bonchev–Trinajstić information content (AvgIpc) is 2.17. The van der Waals surface area contributed by atoms with Gasteiger partial charge in [-0.05, 0) is 18.1 Å². The van der Waals surface area contributed by atoms with Crippen molar-refractivity contribution in [3.8, 4) is 0 Å². The Morgan fingerprint density at radius 1 is 1.58 bits per heavy atom. The molecule has 1 aromatic rings. The third-order valence-electron chi connectivity index (χ3n) is 1.71. The summed E-state index contributed by atoms with van der Waals surface area (Å²) in [7, 11) is 0. The molecule has 1 aromatic heterocycles. The van der Waals surface area contributed by atoms with Crippen molar-refractivity contribution in [3.63, 3.8) is 0 Å². The molecule has 0 aliphatic carbocycles. The Bertz CT molecular complexity index is 284. The Morgan fingerprint density at radius 3 is 2.92 bits per heavy atom. The SMILES string of the molecule is CCc1cncc(C(=O)CN)c1. The number of aromatic nitrogens is 1. The van der Waals surface area contributed by atoms with Crippen molar-refractivity contribution in [1.29, 1.82) is 0 Å². The number of ketones is 1. The fraction of sp³-hybridized carbons (Fsp3) is 0.333. The Morgan fingerprint density at radius 2 is 2.33 bits per heavy atom. The van der Waals surface area contributed by atoms with Gasteiger partial charge in [0.25, 0.3) is 0 Å². The molecule has 3 heteroatoms. The lowest BCUT2D eigenvalue weighted by Crippen LogP contribution is -2.13. The molecule has 64 valence electrons. The summed E-state index contributed by atoms with van der Waals surface area (Å²) in [5, 5.41) is 0. The fourth-order valence-corrected chi connectivity index (χ4v) is 0.951. The summed E-state index contributed by atoms with van der Waals surface area (Å²) < 4.78 is 0. The molecule has 0 amide bonds. The van der Waals surface area contributed by atoms with E-state index in [0.717, 1.165) is 12.0 Å². The molecule has 0 aliphatic rings. The summed E-state index contributed by atoms with van der Waals surface area (Å²) in [4.78, 5) is 15.1. The van der Waals surface area contributed by atoms with Crippen LogP contribution in [0.25, 0.3) is 0 Å². The number of rotatable bonds is 3. The van der Waals surface area contributed by atoms with Gasteiger partial charge < -0.3 is 5.73 Å². The first-order valence-corrected chi connectivity index (χ1v) is 3.95. The van der Waals surface area contributed by atoms with Crippen molar-refractivity contribution < 1.29 is 4.79 Å². The van der Waals surface area contributed by atoms with E-state index in [-0.39, 0.29) is 12.3 Å². The van der Waals surface area contributed by atoms with Gasteiger partial charge in [0.15, 0.2) is 5.78 Å². The number of carbonyl (C=O) groups excluding carboxylic acids is 1. The number of nitrogens with two attached hydrogens (primary N) is 1. The molecule has 0 spiro atoms. The molecule has 0 saturated heterocycles. The highest BCUT2D eigenvalue weighted by Gasteiger charge is 2.03. The van der Waals surface area contributed by atoms with E-state index < -0.39 is 0 Å². The second-order valence-electron chi connectivity index (χ2n) is 2.56. The molecule has 0 atom stereocenters. The molecular weight excluding hydrogens is 152 g/mol. The zero-order valence-electron chi connectivity index (χ0n) is 7.08. The Hall–Kier alpha value is -1.22. The Balaban J connectivity index is 2.93. The van der Waals surface area contributed by atoms with E-state index in [1.165, 1.54) is 0 Å². The third kappa shape index (κ3) is 1.89. The standard InChI is InChI=1S/C9H12N2O/c1-2-7-3-8(6-11-5-7)9(12)4-10/h3,5-6H,2,4,10H2,1H3. The van der Waals surface area contributed by atoms with Gasteiger partial charge in [-0.3, -0.25) is 9.78 Å². The monoisotopic (exact) mass is 164 g/mol. The van der Waals surface area contributed by atoms with Crippen molar-refractivity contribution in [3.05, 3.63) is 29.6 Å². The number of nitrogens with zero attached hydrogens (tertiary/aromatic N) is 1. The fourth-order valence-electron chi connectivity index (χ4n) is 0.951. The summed E-state index contributed by atoms with van der Waals surface area (Å²) in [5.41, 5.74) is 6.89. The number of Topliss-reactive ketones (excluding diaryl/α,β-unsaturated/α-hetero) is 1. The van der Waals surface area contributed by atoms with E-state index in [9.17, 15) is 4.79 Å². The van der Waals surface area contributed by atoms with Crippen LogP contribution in [-0.4, -0.2) is 17.3 Å². The molecule has 0 unspecified atom stereocenters. The van der Waals surface area contributed by atoms with Crippen LogP contribution in [0.4, 0.5) is 0 Å². The summed E-state index contributed by atoms with van der Waals surface area (Å²) in [5.74, 6) is -0.0576. The van der Waals surface area contributed by atoms with Gasteiger partial charge in [0, 0.05) is 18.0 Å². The largest absolute Gasteiger partial charge is 0.324 e. The van der Waals surface area contributed by atoms with Crippen LogP contribution in [0.5, 0.6) is 0 Å². The Kier molecular flexibility index (Phi) is 2.94. The Labute approximate surface area is 71.6 Å². The highest BCUT2D eigenvalue weighted by molar-refractivity contribution is 5.97. The van der Waals surface area contributed by atoms with Crippen molar-refractivity contribution in [2.24, 2.45) is 5.73 Å². The van der Waals surface area contributed by atoms with E-state index in [4.69, 9.17) is 5.73 Å². The van der Waals surface area contributed by atoms with Gasteiger partial charge in [-0.1, -0.05) is 6.92 Å². The lowest BCUT2D eigenvalue weighted by Gasteiger charge is -1.99. The van der Waals surface area contributed by atoms with Gasteiger partial charge in [0.1, 0.15) is 0 Å². The lowest BCUT2D eigenvalue weighted by molar-refractivity contribution is 0.100. The zero-order chi connectivity index (χ0) is 8.97. The molecule has 0 radical (unpaired) electrons. The van der Waals surface area contributed by atoms with E-state index in [2.05, 4.69) is 4.98 Å². The van der Waals surface area contributed by atoms with Gasteiger partial charge in [-0.15, -0.1) is 0 Å². The number of pyridine rings is 1. The predicted octanol–water partition coefficient (Wildman–Crippen LogP) is 0.785. The van der Waals surface area contributed by atoms with Crippen LogP contribution in [-0.2, 0) is 6.42 Å². The van der Waals surface area contributed by atoms with Crippen LogP contribution in [0.3, 0.4) is 0 Å². The van der Waals surface area contributed by atoms with Crippen LogP contribution in [0, 0.1) is 0 Å². The summed E-state index contributed by atoms with van der Waals surface area (Å²) in [6.45, 7) is 2.07. The van der Waals surface area contributed by atoms with E-state index in [1.54, 1.807) is 12.4 Å². The molecule has 12 heavy (non-hydrogen) atoms. The first-order valence-electron chi connectivity index (χ1n) is 3.95. The van der Waals surface area contributed by atoms with E-state index >= 15 is 0 Å². The molecule has 0 aliphatic heterocycles. The molecule has 1 rings (SSSR count). The van der Waals surface area contributed by atoms with Crippen molar-refractivity contribution in [2.75, 3.05) is 6.54 Å². The number of hydrogen-bond donors (Lipinski definition) is 1. The maximum atomic E-state index is 11.1. The van der Waals surface area contributed by atoms with Crippen LogP contribution in [0.1, 0.15) is 22.8 Å². The maximum absolute atomic E-state index is 11.1.